The summed E-state index contributed by atoms with van der Waals surface area (Å²) in [6.45, 7) is 1.05. The zero-order chi connectivity index (χ0) is 12.1. The highest BCUT2D eigenvalue weighted by molar-refractivity contribution is 5.87. The van der Waals surface area contributed by atoms with Crippen molar-refractivity contribution in [2.75, 3.05) is 13.2 Å². The molecule has 0 aromatic carbocycles. The second-order valence-electron chi connectivity index (χ2n) is 3.81. The average molecular weight is 238 g/mol. The van der Waals surface area contributed by atoms with E-state index in [0.717, 1.165) is 25.9 Å². The molecule has 0 aliphatic carbocycles. The topological polar surface area (TPSA) is 81.5 Å². The summed E-state index contributed by atoms with van der Waals surface area (Å²) in [7, 11) is 0. The van der Waals surface area contributed by atoms with Gasteiger partial charge in [0.2, 0.25) is 11.6 Å². The van der Waals surface area contributed by atoms with E-state index >= 15 is 0 Å². The summed E-state index contributed by atoms with van der Waals surface area (Å²) in [6, 6.07) is 0. The Morgan fingerprint density at radius 2 is 2.29 bits per heavy atom. The minimum atomic E-state index is -1.14. The van der Waals surface area contributed by atoms with E-state index in [1.54, 1.807) is 0 Å². The molecular weight excluding hydrogens is 224 g/mol. The molecule has 1 aliphatic rings. The van der Waals surface area contributed by atoms with Crippen LogP contribution >= 0.6 is 0 Å². The number of carboxylic acids is 1. The van der Waals surface area contributed by atoms with Gasteiger partial charge in [-0.3, -0.25) is 0 Å². The Morgan fingerprint density at radius 3 is 3.00 bits per heavy atom. The summed E-state index contributed by atoms with van der Waals surface area (Å²) in [6.07, 6.45) is 5.87. The van der Waals surface area contributed by atoms with Crippen molar-refractivity contribution in [1.29, 1.82) is 0 Å². The Bertz CT molecular complexity index is 391. The van der Waals surface area contributed by atoms with E-state index in [9.17, 15) is 4.79 Å². The third-order valence-electron chi connectivity index (χ3n) is 2.55. The first-order valence-corrected chi connectivity index (χ1v) is 5.56. The van der Waals surface area contributed by atoms with Gasteiger partial charge in [0.1, 0.15) is 6.61 Å². The van der Waals surface area contributed by atoms with Gasteiger partial charge in [0, 0.05) is 19.0 Å². The van der Waals surface area contributed by atoms with Crippen molar-refractivity contribution in [2.45, 2.75) is 25.4 Å². The van der Waals surface area contributed by atoms with E-state index in [2.05, 4.69) is 9.97 Å². The van der Waals surface area contributed by atoms with E-state index < -0.39 is 5.97 Å². The fraction of sp³-hybridized carbons (Fsp3) is 0.545. The van der Waals surface area contributed by atoms with Crippen molar-refractivity contribution in [3.8, 4) is 5.88 Å². The lowest BCUT2D eigenvalue weighted by atomic mass is 10.1. The van der Waals surface area contributed by atoms with Gasteiger partial charge in [0.05, 0.1) is 6.10 Å². The lowest BCUT2D eigenvalue weighted by Gasteiger charge is -2.22. The highest BCUT2D eigenvalue weighted by Gasteiger charge is 2.18. The van der Waals surface area contributed by atoms with Crippen LogP contribution < -0.4 is 4.74 Å². The molecule has 0 amide bonds. The first-order valence-electron chi connectivity index (χ1n) is 5.56. The van der Waals surface area contributed by atoms with Crippen LogP contribution in [0, 0.1) is 0 Å². The number of aromatic nitrogens is 2. The van der Waals surface area contributed by atoms with Gasteiger partial charge >= 0.3 is 5.97 Å². The van der Waals surface area contributed by atoms with Crippen molar-refractivity contribution < 1.29 is 19.4 Å². The van der Waals surface area contributed by atoms with Gasteiger partial charge in [-0.15, -0.1) is 0 Å². The molecule has 6 nitrogen and oxygen atoms in total. The van der Waals surface area contributed by atoms with E-state index in [1.165, 1.54) is 12.4 Å². The molecule has 0 radical (unpaired) electrons. The second kappa shape index (κ2) is 5.58. The number of aromatic carboxylic acids is 1. The first-order chi connectivity index (χ1) is 8.27. The van der Waals surface area contributed by atoms with Crippen LogP contribution in [0.5, 0.6) is 5.88 Å². The van der Waals surface area contributed by atoms with Crippen LogP contribution in [0.15, 0.2) is 12.4 Å². The lowest BCUT2D eigenvalue weighted by Crippen LogP contribution is -2.26. The van der Waals surface area contributed by atoms with E-state index in [0.29, 0.717) is 6.61 Å². The molecule has 92 valence electrons. The Balaban J connectivity index is 1.96. The highest BCUT2D eigenvalue weighted by atomic mass is 16.5. The number of nitrogens with zero attached hydrogens (tertiary/aromatic N) is 2. The molecule has 1 N–H and O–H groups in total. The van der Waals surface area contributed by atoms with E-state index in [-0.39, 0.29) is 17.7 Å². The Kier molecular flexibility index (Phi) is 3.87. The van der Waals surface area contributed by atoms with Gasteiger partial charge in [-0.05, 0) is 19.3 Å². The number of carbonyl (C=O) groups is 1. The molecule has 2 heterocycles. The highest BCUT2D eigenvalue weighted by Crippen LogP contribution is 2.16. The lowest BCUT2D eigenvalue weighted by molar-refractivity contribution is -0.0123. The Morgan fingerprint density at radius 1 is 1.47 bits per heavy atom. The monoisotopic (exact) mass is 238 g/mol. The maximum atomic E-state index is 10.9. The van der Waals surface area contributed by atoms with Crippen LogP contribution in [0.4, 0.5) is 0 Å². The molecule has 1 fully saturated rings. The summed E-state index contributed by atoms with van der Waals surface area (Å²) in [5.41, 5.74) is -0.164. The molecule has 1 aromatic heterocycles. The Hall–Kier alpha value is -1.69. The second-order valence-corrected chi connectivity index (χ2v) is 3.81. The smallest absolute Gasteiger partial charge is 0.360 e. The van der Waals surface area contributed by atoms with Crippen LogP contribution in [-0.2, 0) is 4.74 Å². The standard InChI is InChI=1S/C11H14N2O4/c14-11(15)9-10(13-5-4-12-9)17-7-8-3-1-2-6-16-8/h4-5,8H,1-3,6-7H2,(H,14,15). The van der Waals surface area contributed by atoms with Crippen LogP contribution in [0.2, 0.25) is 0 Å². The third-order valence-corrected chi connectivity index (χ3v) is 2.55. The van der Waals surface area contributed by atoms with Crippen LogP contribution in [0.25, 0.3) is 0 Å². The van der Waals surface area contributed by atoms with Crippen molar-refractivity contribution in [1.82, 2.24) is 9.97 Å². The minimum absolute atomic E-state index is 0.0207. The molecular formula is C11H14N2O4. The zero-order valence-corrected chi connectivity index (χ0v) is 9.33. The average Bonchev–Trinajstić information content (AvgIpc) is 2.38. The Labute approximate surface area is 98.6 Å². The molecule has 1 atom stereocenters. The predicted molar refractivity (Wildman–Crippen MR) is 58.1 cm³/mol. The molecule has 17 heavy (non-hydrogen) atoms. The first kappa shape index (κ1) is 11.8. The zero-order valence-electron chi connectivity index (χ0n) is 9.33. The quantitative estimate of drug-likeness (QED) is 0.846. The minimum Gasteiger partial charge on any atom is -0.476 e. The van der Waals surface area contributed by atoms with E-state index in [1.807, 2.05) is 0 Å². The van der Waals surface area contributed by atoms with Gasteiger partial charge in [0.25, 0.3) is 0 Å². The molecule has 0 spiro atoms. The summed E-state index contributed by atoms with van der Waals surface area (Å²) >= 11 is 0. The SMILES string of the molecule is O=C(O)c1nccnc1OCC1CCCCO1. The van der Waals surface area contributed by atoms with Gasteiger partial charge in [-0.1, -0.05) is 0 Å². The molecule has 1 unspecified atom stereocenters. The molecule has 0 bridgehead atoms. The third kappa shape index (κ3) is 3.13. The molecule has 6 heteroatoms. The predicted octanol–water partition coefficient (Wildman–Crippen LogP) is 1.12. The van der Waals surface area contributed by atoms with Crippen molar-refractivity contribution in [3.63, 3.8) is 0 Å². The number of ether oxygens (including phenoxy) is 2. The number of carboxylic acid groups (broad SMARTS) is 1. The van der Waals surface area contributed by atoms with Gasteiger partial charge < -0.3 is 14.6 Å². The van der Waals surface area contributed by atoms with Gasteiger partial charge in [0.15, 0.2) is 0 Å². The summed E-state index contributed by atoms with van der Waals surface area (Å²) in [5.74, 6) is -1.09. The van der Waals surface area contributed by atoms with Crippen LogP contribution in [0.3, 0.4) is 0 Å². The molecule has 0 saturated carbocycles. The normalized spacial score (nSPS) is 19.9. The van der Waals surface area contributed by atoms with Crippen LogP contribution in [-0.4, -0.2) is 40.4 Å². The largest absolute Gasteiger partial charge is 0.476 e. The molecule has 1 aliphatic heterocycles. The molecule has 1 saturated heterocycles. The maximum absolute atomic E-state index is 10.9. The fourth-order valence-corrected chi connectivity index (χ4v) is 1.69. The number of hydrogen-bond acceptors (Lipinski definition) is 5. The van der Waals surface area contributed by atoms with Crippen molar-refractivity contribution >= 4 is 5.97 Å². The summed E-state index contributed by atoms with van der Waals surface area (Å²) in [4.78, 5) is 18.4. The summed E-state index contributed by atoms with van der Waals surface area (Å²) < 4.78 is 10.8. The van der Waals surface area contributed by atoms with Gasteiger partial charge in [-0.25, -0.2) is 14.8 Å². The fourth-order valence-electron chi connectivity index (χ4n) is 1.69. The molecule has 2 rings (SSSR count). The van der Waals surface area contributed by atoms with Gasteiger partial charge in [-0.2, -0.15) is 0 Å². The van der Waals surface area contributed by atoms with Crippen molar-refractivity contribution in [3.05, 3.63) is 18.1 Å². The number of hydrogen-bond donors (Lipinski definition) is 1. The summed E-state index contributed by atoms with van der Waals surface area (Å²) in [5, 5.41) is 8.89. The van der Waals surface area contributed by atoms with Crippen LogP contribution in [0.1, 0.15) is 29.8 Å². The van der Waals surface area contributed by atoms with Crippen molar-refractivity contribution in [2.24, 2.45) is 0 Å². The van der Waals surface area contributed by atoms with E-state index in [4.69, 9.17) is 14.6 Å². The number of rotatable bonds is 4. The molecule has 1 aromatic rings. The maximum Gasteiger partial charge on any atom is 0.360 e.